The number of halogens is 4. The summed E-state index contributed by atoms with van der Waals surface area (Å²) in [6.45, 7) is 0. The average Bonchev–Trinajstić information content (AvgIpc) is 2.52. The van der Waals surface area contributed by atoms with E-state index in [-0.39, 0.29) is 16.8 Å². The number of rotatable bonds is 3. The summed E-state index contributed by atoms with van der Waals surface area (Å²) in [6.07, 6.45) is -3.40. The van der Waals surface area contributed by atoms with E-state index in [0.717, 1.165) is 30.3 Å². The number of hydrogen-bond acceptors (Lipinski definition) is 2. The molecule has 0 heterocycles. The minimum absolute atomic E-state index is 0.102. The minimum Gasteiger partial charge on any atom is -0.321 e. The van der Waals surface area contributed by atoms with Gasteiger partial charge in [0, 0.05) is 5.69 Å². The fourth-order valence-electron chi connectivity index (χ4n) is 1.88. The molecule has 0 atom stereocenters. The Balaban J connectivity index is 2.23. The van der Waals surface area contributed by atoms with Crippen molar-refractivity contribution in [3.63, 3.8) is 0 Å². The summed E-state index contributed by atoms with van der Waals surface area (Å²) in [5, 5.41) is 11.3. The Kier molecular flexibility index (Phi) is 4.99. The van der Waals surface area contributed by atoms with Gasteiger partial charge >= 0.3 is 6.18 Å². The Bertz CT molecular complexity index is 835. The van der Waals surface area contributed by atoms with Crippen molar-refractivity contribution >= 4 is 17.7 Å². The molecule has 0 unspecified atom stereocenters. The molecule has 0 aromatic heterocycles. The minimum atomic E-state index is -4.55. The lowest BCUT2D eigenvalue weighted by atomic mass is 10.1. The predicted octanol–water partition coefficient (Wildman–Crippen LogP) is 4.39. The van der Waals surface area contributed by atoms with Gasteiger partial charge < -0.3 is 5.32 Å². The molecule has 0 aliphatic rings. The Morgan fingerprint density at radius 3 is 2.46 bits per heavy atom. The van der Waals surface area contributed by atoms with E-state index >= 15 is 0 Å². The number of nitrogens with zero attached hydrogens (tertiary/aromatic N) is 1. The number of anilines is 1. The number of hydrogen-bond donors (Lipinski definition) is 1. The maximum Gasteiger partial charge on any atom is 0.416 e. The van der Waals surface area contributed by atoms with E-state index < -0.39 is 23.5 Å². The third kappa shape index (κ3) is 4.43. The molecule has 2 aromatic rings. The zero-order chi connectivity index (χ0) is 17.7. The summed E-state index contributed by atoms with van der Waals surface area (Å²) < 4.78 is 51.0. The van der Waals surface area contributed by atoms with Crippen LogP contribution in [0.1, 0.15) is 11.1 Å². The van der Waals surface area contributed by atoms with Crippen LogP contribution in [0.5, 0.6) is 0 Å². The van der Waals surface area contributed by atoms with Gasteiger partial charge in [0.25, 0.3) is 5.91 Å². The number of carbonyl (C=O) groups is 1. The first-order valence-corrected chi connectivity index (χ1v) is 6.65. The molecule has 7 heteroatoms. The normalized spacial score (nSPS) is 11.7. The second-order valence-electron chi connectivity index (χ2n) is 4.76. The van der Waals surface area contributed by atoms with E-state index in [9.17, 15) is 22.4 Å². The highest BCUT2D eigenvalue weighted by atomic mass is 19.4. The third-order valence-corrected chi connectivity index (χ3v) is 2.97. The smallest absolute Gasteiger partial charge is 0.321 e. The molecule has 0 saturated carbocycles. The van der Waals surface area contributed by atoms with Gasteiger partial charge in [-0.25, -0.2) is 4.39 Å². The van der Waals surface area contributed by atoms with E-state index in [1.165, 1.54) is 24.3 Å². The van der Waals surface area contributed by atoms with Crippen molar-refractivity contribution in [3.05, 3.63) is 71.0 Å². The molecule has 0 bridgehead atoms. The van der Waals surface area contributed by atoms with Gasteiger partial charge in [-0.2, -0.15) is 18.4 Å². The third-order valence-electron chi connectivity index (χ3n) is 2.97. The zero-order valence-electron chi connectivity index (χ0n) is 12.1. The Labute approximate surface area is 134 Å². The highest BCUT2D eigenvalue weighted by Gasteiger charge is 2.30. The van der Waals surface area contributed by atoms with Crippen LogP contribution < -0.4 is 5.32 Å². The van der Waals surface area contributed by atoms with Gasteiger partial charge in [-0.05, 0) is 42.0 Å². The van der Waals surface area contributed by atoms with Crippen molar-refractivity contribution in [2.24, 2.45) is 0 Å². The number of benzene rings is 2. The molecule has 1 amide bonds. The maximum absolute atomic E-state index is 13.1. The summed E-state index contributed by atoms with van der Waals surface area (Å²) >= 11 is 0. The lowest BCUT2D eigenvalue weighted by Crippen LogP contribution is -2.14. The van der Waals surface area contributed by atoms with Crippen LogP contribution in [0.25, 0.3) is 6.08 Å². The largest absolute Gasteiger partial charge is 0.416 e. The van der Waals surface area contributed by atoms with Gasteiger partial charge in [0.1, 0.15) is 17.5 Å². The molecule has 3 nitrogen and oxygen atoms in total. The summed E-state index contributed by atoms with van der Waals surface area (Å²) in [4.78, 5) is 12.0. The molecule has 122 valence electrons. The van der Waals surface area contributed by atoms with Crippen LogP contribution in [-0.2, 0) is 11.0 Å². The standard InChI is InChI=1S/C17H10F4N2O/c18-14-5-1-3-11(8-14)7-12(10-22)16(24)23-15-6-2-4-13(9-15)17(19,20)21/h1-9H,(H,23,24). The van der Waals surface area contributed by atoms with Crippen LogP contribution in [0.4, 0.5) is 23.2 Å². The zero-order valence-corrected chi connectivity index (χ0v) is 12.1. The first-order valence-electron chi connectivity index (χ1n) is 6.65. The van der Waals surface area contributed by atoms with Crippen LogP contribution in [0.3, 0.4) is 0 Å². The molecule has 0 aliphatic carbocycles. The van der Waals surface area contributed by atoms with Crippen molar-refractivity contribution in [3.8, 4) is 6.07 Å². The van der Waals surface area contributed by atoms with Crippen LogP contribution in [-0.4, -0.2) is 5.91 Å². The van der Waals surface area contributed by atoms with E-state index in [2.05, 4.69) is 5.32 Å². The van der Waals surface area contributed by atoms with Crippen LogP contribution in [0.15, 0.2) is 54.1 Å². The quantitative estimate of drug-likeness (QED) is 0.514. The summed E-state index contributed by atoms with van der Waals surface area (Å²) in [6, 6.07) is 10.9. The highest BCUT2D eigenvalue weighted by Crippen LogP contribution is 2.30. The number of nitrogens with one attached hydrogen (secondary N) is 1. The van der Waals surface area contributed by atoms with E-state index in [0.29, 0.717) is 0 Å². The molecule has 0 spiro atoms. The first kappa shape index (κ1) is 17.2. The number of alkyl halides is 3. The van der Waals surface area contributed by atoms with Crippen molar-refractivity contribution in [1.82, 2.24) is 0 Å². The lowest BCUT2D eigenvalue weighted by Gasteiger charge is -2.09. The van der Waals surface area contributed by atoms with Crippen LogP contribution in [0.2, 0.25) is 0 Å². The average molecular weight is 334 g/mol. The van der Waals surface area contributed by atoms with E-state index in [1.54, 1.807) is 6.07 Å². The Morgan fingerprint density at radius 1 is 1.12 bits per heavy atom. The molecular formula is C17H10F4N2O. The molecule has 0 radical (unpaired) electrons. The Hall–Kier alpha value is -3.14. The second kappa shape index (κ2) is 6.96. The molecule has 0 aliphatic heterocycles. The van der Waals surface area contributed by atoms with Gasteiger partial charge in [0.15, 0.2) is 0 Å². The topological polar surface area (TPSA) is 52.9 Å². The van der Waals surface area contributed by atoms with Gasteiger partial charge in [-0.1, -0.05) is 18.2 Å². The van der Waals surface area contributed by atoms with Crippen molar-refractivity contribution in [1.29, 1.82) is 5.26 Å². The maximum atomic E-state index is 13.1. The van der Waals surface area contributed by atoms with Crippen molar-refractivity contribution in [2.45, 2.75) is 6.18 Å². The fraction of sp³-hybridized carbons (Fsp3) is 0.0588. The monoisotopic (exact) mass is 334 g/mol. The molecule has 24 heavy (non-hydrogen) atoms. The summed E-state index contributed by atoms with van der Waals surface area (Å²) in [5.41, 5.74) is -1.10. The van der Waals surface area contributed by atoms with Gasteiger partial charge in [-0.3, -0.25) is 4.79 Å². The SMILES string of the molecule is N#CC(=Cc1cccc(F)c1)C(=O)Nc1cccc(C(F)(F)F)c1. The molecule has 0 fully saturated rings. The number of carbonyl (C=O) groups excluding carboxylic acids is 1. The summed E-state index contributed by atoms with van der Waals surface area (Å²) in [5.74, 6) is -1.43. The molecule has 2 rings (SSSR count). The van der Waals surface area contributed by atoms with Crippen LogP contribution >= 0.6 is 0 Å². The first-order chi connectivity index (χ1) is 11.3. The molecule has 2 aromatic carbocycles. The molecule has 1 N–H and O–H groups in total. The predicted molar refractivity (Wildman–Crippen MR) is 80.1 cm³/mol. The molecular weight excluding hydrogens is 324 g/mol. The number of amides is 1. The van der Waals surface area contributed by atoms with Gasteiger partial charge in [0.2, 0.25) is 0 Å². The highest BCUT2D eigenvalue weighted by molar-refractivity contribution is 6.09. The van der Waals surface area contributed by atoms with E-state index in [1.807, 2.05) is 0 Å². The van der Waals surface area contributed by atoms with E-state index in [4.69, 9.17) is 5.26 Å². The fourth-order valence-corrected chi connectivity index (χ4v) is 1.88. The summed E-state index contributed by atoms with van der Waals surface area (Å²) in [7, 11) is 0. The Morgan fingerprint density at radius 2 is 1.83 bits per heavy atom. The van der Waals surface area contributed by atoms with Gasteiger partial charge in [-0.15, -0.1) is 0 Å². The lowest BCUT2D eigenvalue weighted by molar-refractivity contribution is -0.137. The molecule has 0 saturated heterocycles. The van der Waals surface area contributed by atoms with Gasteiger partial charge in [0.05, 0.1) is 5.56 Å². The van der Waals surface area contributed by atoms with Crippen molar-refractivity contribution < 1.29 is 22.4 Å². The second-order valence-corrected chi connectivity index (χ2v) is 4.76. The van der Waals surface area contributed by atoms with Crippen LogP contribution in [0, 0.1) is 17.1 Å². The van der Waals surface area contributed by atoms with Crippen molar-refractivity contribution in [2.75, 3.05) is 5.32 Å². The number of nitriles is 1.